The summed E-state index contributed by atoms with van der Waals surface area (Å²) in [6.45, 7) is 0. The van der Waals surface area contributed by atoms with Crippen molar-refractivity contribution in [2.45, 2.75) is 0 Å². The summed E-state index contributed by atoms with van der Waals surface area (Å²) in [6.07, 6.45) is 0. The standard InChI is InChI=1S/2C3H10N4.H2O4S/c2*1-7(2)6-3(4)5;1-5(2,3)4/h2*1-2H3,(H4,4,5,6);(H2,1,2,3,4). The molecule has 0 spiro atoms. The van der Waals surface area contributed by atoms with E-state index in [1.807, 2.05) is 0 Å². The fraction of sp³-hybridized carbons (Fsp3) is 0.667. The van der Waals surface area contributed by atoms with Crippen LogP contribution in [0, 0.1) is 0 Å². The molecule has 0 aliphatic rings. The second-order valence-corrected chi connectivity index (χ2v) is 4.15. The molecule has 0 aromatic carbocycles. The first kappa shape index (κ1) is 22.2. The number of nitrogens with zero attached hydrogens (tertiary/aromatic N) is 2. The number of hydrazine groups is 2. The monoisotopic (exact) mass is 302 g/mol. The van der Waals surface area contributed by atoms with Gasteiger partial charge in [-0.25, -0.2) is 0 Å². The van der Waals surface area contributed by atoms with E-state index in [-0.39, 0.29) is 11.9 Å². The van der Waals surface area contributed by atoms with Gasteiger partial charge in [0.2, 0.25) is 0 Å². The van der Waals surface area contributed by atoms with Gasteiger partial charge in [-0.05, 0) is 0 Å². The summed E-state index contributed by atoms with van der Waals surface area (Å²) in [5.41, 5.74) is 20.1. The van der Waals surface area contributed by atoms with Crippen molar-refractivity contribution in [3.8, 4) is 0 Å². The maximum absolute atomic E-state index is 8.52. The lowest BCUT2D eigenvalue weighted by molar-refractivity contribution is -0.632. The van der Waals surface area contributed by atoms with Crippen molar-refractivity contribution >= 4 is 22.3 Å². The lowest BCUT2D eigenvalue weighted by atomic mass is 11.1. The smallest absolute Gasteiger partial charge is 0.360 e. The normalized spacial score (nSPS) is 8.74. The van der Waals surface area contributed by atoms with Crippen LogP contribution in [0.1, 0.15) is 0 Å². The summed E-state index contributed by atoms with van der Waals surface area (Å²) >= 11 is 0. The van der Waals surface area contributed by atoms with Crippen LogP contribution in [-0.2, 0) is 10.4 Å². The molecule has 10 N–H and O–H groups in total. The molecule has 0 aliphatic heterocycles. The third-order valence-electron chi connectivity index (χ3n) is 0.705. The molecule has 12 nitrogen and oxygen atoms in total. The van der Waals surface area contributed by atoms with E-state index >= 15 is 0 Å². The predicted molar refractivity (Wildman–Crippen MR) is 66.5 cm³/mol. The van der Waals surface area contributed by atoms with Crippen molar-refractivity contribution in [2.75, 3.05) is 28.2 Å². The second-order valence-electron chi connectivity index (χ2n) is 3.33. The molecule has 0 aromatic heterocycles. The van der Waals surface area contributed by atoms with Gasteiger partial charge in [-0.15, -0.1) is 0 Å². The average Bonchev–Trinajstić information content (AvgIpc) is 1.93. The number of hydrazone groups is 2. The van der Waals surface area contributed by atoms with Gasteiger partial charge in [-0.1, -0.05) is 0 Å². The first-order chi connectivity index (χ1) is 8.25. The average molecular weight is 302 g/mol. The quantitative estimate of drug-likeness (QED) is 0.0929. The molecular formula is C6H22N8O4S. The first-order valence-electron chi connectivity index (χ1n) is 4.56. The second kappa shape index (κ2) is 11.1. The molecule has 0 radical (unpaired) electrons. The molecule has 0 rings (SSSR count). The Morgan fingerprint density at radius 1 is 0.842 bits per heavy atom. The van der Waals surface area contributed by atoms with Crippen molar-refractivity contribution in [3.05, 3.63) is 0 Å². The highest BCUT2D eigenvalue weighted by atomic mass is 32.3. The fourth-order valence-corrected chi connectivity index (χ4v) is 0.516. The van der Waals surface area contributed by atoms with Crippen LogP contribution >= 0.6 is 0 Å². The van der Waals surface area contributed by atoms with E-state index in [0.29, 0.717) is 0 Å². The molecule has 116 valence electrons. The molecule has 0 fully saturated rings. The van der Waals surface area contributed by atoms with Gasteiger partial charge < -0.3 is 9.11 Å². The SMILES string of the molecule is CN(C)[NH+]=C(N)N.CN(C)[NH+]=C(N)N.O=S(=O)([O-])[O-]. The minimum absolute atomic E-state index is 0.213. The molecule has 0 unspecified atom stereocenters. The van der Waals surface area contributed by atoms with Crippen molar-refractivity contribution < 1.29 is 27.7 Å². The van der Waals surface area contributed by atoms with Crippen LogP contribution in [0.15, 0.2) is 0 Å². The minimum Gasteiger partial charge on any atom is -0.759 e. The molecule has 0 atom stereocenters. The molecule has 0 saturated carbocycles. The highest BCUT2D eigenvalue weighted by Crippen LogP contribution is 1.57. The summed E-state index contributed by atoms with van der Waals surface area (Å²) in [5.74, 6) is 0.426. The van der Waals surface area contributed by atoms with E-state index in [2.05, 4.69) is 10.2 Å². The molecule has 13 heteroatoms. The summed E-state index contributed by atoms with van der Waals surface area (Å²) in [6, 6.07) is 0. The highest BCUT2D eigenvalue weighted by molar-refractivity contribution is 7.79. The van der Waals surface area contributed by atoms with Crippen molar-refractivity contribution in [2.24, 2.45) is 22.9 Å². The Kier molecular flexibility index (Phi) is 13.0. The molecular weight excluding hydrogens is 280 g/mol. The Balaban J connectivity index is -0.000000206. The zero-order valence-corrected chi connectivity index (χ0v) is 12.1. The van der Waals surface area contributed by atoms with Crippen LogP contribution in [0.5, 0.6) is 0 Å². The Hall–Kier alpha value is -1.99. The summed E-state index contributed by atoms with van der Waals surface area (Å²) in [4.78, 5) is 0. The Morgan fingerprint density at radius 3 is 1.00 bits per heavy atom. The van der Waals surface area contributed by atoms with Crippen LogP contribution in [-0.4, -0.2) is 67.7 Å². The third kappa shape index (κ3) is 87.0. The number of rotatable bonds is 2. The van der Waals surface area contributed by atoms with Crippen LogP contribution in [0.2, 0.25) is 0 Å². The van der Waals surface area contributed by atoms with Gasteiger partial charge in [0.15, 0.2) is 0 Å². The predicted octanol–water partition coefficient (Wildman–Crippen LogP) is -7.70. The van der Waals surface area contributed by atoms with E-state index in [0.717, 1.165) is 0 Å². The van der Waals surface area contributed by atoms with Gasteiger partial charge in [-0.2, -0.15) is 10.2 Å². The number of nitrogens with one attached hydrogen (secondary N) is 2. The lowest BCUT2D eigenvalue weighted by Crippen LogP contribution is -2.85. The molecule has 19 heavy (non-hydrogen) atoms. The van der Waals surface area contributed by atoms with E-state index in [1.165, 1.54) is 0 Å². The zero-order chi connectivity index (χ0) is 16.2. The maximum Gasteiger partial charge on any atom is 0.360 e. The zero-order valence-electron chi connectivity index (χ0n) is 11.2. The number of hydrogen-bond donors (Lipinski definition) is 6. The largest absolute Gasteiger partial charge is 0.759 e. The minimum atomic E-state index is -5.17. The number of guanidine groups is 2. The van der Waals surface area contributed by atoms with Gasteiger partial charge in [0.05, 0.1) is 0 Å². The van der Waals surface area contributed by atoms with Crippen molar-refractivity contribution in [3.63, 3.8) is 0 Å². The third-order valence-corrected chi connectivity index (χ3v) is 0.705. The summed E-state index contributed by atoms with van der Waals surface area (Å²) < 4.78 is 34.1. The lowest BCUT2D eigenvalue weighted by Gasteiger charge is -2.06. The molecule has 0 aliphatic carbocycles. The van der Waals surface area contributed by atoms with E-state index in [1.54, 1.807) is 38.2 Å². The number of hydrogen-bond acceptors (Lipinski definition) is 6. The first-order valence-corrected chi connectivity index (χ1v) is 5.89. The van der Waals surface area contributed by atoms with Crippen LogP contribution in [0.25, 0.3) is 0 Å². The Bertz CT molecular complexity index is 339. The maximum atomic E-state index is 8.52. The summed E-state index contributed by atoms with van der Waals surface area (Å²) in [7, 11) is 2.05. The van der Waals surface area contributed by atoms with E-state index in [9.17, 15) is 0 Å². The van der Waals surface area contributed by atoms with Gasteiger partial charge >= 0.3 is 11.9 Å². The molecule has 0 saturated heterocycles. The van der Waals surface area contributed by atoms with E-state index in [4.69, 9.17) is 40.5 Å². The topological polar surface area (TPSA) is 219 Å². The van der Waals surface area contributed by atoms with Crippen LogP contribution in [0.4, 0.5) is 0 Å². The van der Waals surface area contributed by atoms with Gasteiger partial charge in [-0.3, -0.25) is 41.4 Å². The fourth-order valence-electron chi connectivity index (χ4n) is 0.516. The molecule has 0 amide bonds. The molecule has 0 aromatic rings. The number of nitrogens with two attached hydrogens (primary N) is 4. The van der Waals surface area contributed by atoms with Crippen LogP contribution in [0.3, 0.4) is 0 Å². The van der Waals surface area contributed by atoms with E-state index < -0.39 is 10.4 Å². The van der Waals surface area contributed by atoms with Crippen molar-refractivity contribution in [1.29, 1.82) is 0 Å². The van der Waals surface area contributed by atoms with Gasteiger partial charge in [0.1, 0.15) is 0 Å². The molecule has 0 bridgehead atoms. The Morgan fingerprint density at radius 2 is 1.00 bits per heavy atom. The summed E-state index contributed by atoms with van der Waals surface area (Å²) in [5, 5.41) is 8.55. The Labute approximate surface area is 112 Å². The van der Waals surface area contributed by atoms with Crippen molar-refractivity contribution in [1.82, 2.24) is 10.0 Å². The van der Waals surface area contributed by atoms with Gasteiger partial charge in [0.25, 0.3) is 0 Å². The highest BCUT2D eigenvalue weighted by Gasteiger charge is 1.83. The molecule has 0 heterocycles. The van der Waals surface area contributed by atoms with Gasteiger partial charge in [0, 0.05) is 38.6 Å². The van der Waals surface area contributed by atoms with Crippen LogP contribution < -0.4 is 33.1 Å².